The van der Waals surface area contributed by atoms with Crippen LogP contribution in [0.3, 0.4) is 0 Å². The summed E-state index contributed by atoms with van der Waals surface area (Å²) in [6.45, 7) is 6.03. The average molecular weight is 216 g/mol. The van der Waals surface area contributed by atoms with Crippen LogP contribution in [0.1, 0.15) is 23.9 Å². The minimum atomic E-state index is 0.657. The Hall–Kier alpha value is -1.77. The van der Waals surface area contributed by atoms with Crippen molar-refractivity contribution >= 4 is 5.69 Å². The Bertz CT molecular complexity index is 494. The molecule has 0 spiro atoms. The van der Waals surface area contributed by atoms with Gasteiger partial charge in [-0.25, -0.2) is 4.98 Å². The SMILES string of the molecule is CCc1oc(-c2cc(C)cc(N)c2)nc1C. The van der Waals surface area contributed by atoms with Crippen LogP contribution in [0.25, 0.3) is 11.5 Å². The summed E-state index contributed by atoms with van der Waals surface area (Å²) in [4.78, 5) is 4.41. The first-order valence-electron chi connectivity index (χ1n) is 5.44. The first-order chi connectivity index (χ1) is 7.60. The second kappa shape index (κ2) is 4.00. The molecule has 84 valence electrons. The third-order valence-corrected chi connectivity index (χ3v) is 2.56. The third kappa shape index (κ3) is 1.94. The molecule has 2 N–H and O–H groups in total. The maximum absolute atomic E-state index is 5.80. The summed E-state index contributed by atoms with van der Waals surface area (Å²) in [6.07, 6.45) is 0.861. The van der Waals surface area contributed by atoms with E-state index in [0.717, 1.165) is 34.7 Å². The predicted molar refractivity (Wildman–Crippen MR) is 65.2 cm³/mol. The summed E-state index contributed by atoms with van der Waals surface area (Å²) in [5.74, 6) is 1.60. The molecule has 0 unspecified atom stereocenters. The molecule has 0 aliphatic rings. The van der Waals surface area contributed by atoms with Crippen LogP contribution >= 0.6 is 0 Å². The van der Waals surface area contributed by atoms with E-state index in [1.807, 2.05) is 32.0 Å². The van der Waals surface area contributed by atoms with Gasteiger partial charge in [-0.1, -0.05) is 6.92 Å². The molecule has 1 aromatic carbocycles. The van der Waals surface area contributed by atoms with Crippen LogP contribution in [0.2, 0.25) is 0 Å². The number of nitrogen functional groups attached to an aromatic ring is 1. The second-order valence-electron chi connectivity index (χ2n) is 4.01. The van der Waals surface area contributed by atoms with Gasteiger partial charge in [0, 0.05) is 17.7 Å². The van der Waals surface area contributed by atoms with Crippen LogP contribution in [0.4, 0.5) is 5.69 Å². The lowest BCUT2D eigenvalue weighted by Gasteiger charge is -2.00. The molecule has 0 radical (unpaired) electrons. The molecule has 0 aliphatic heterocycles. The van der Waals surface area contributed by atoms with Gasteiger partial charge in [-0.05, 0) is 37.6 Å². The molecular weight excluding hydrogens is 200 g/mol. The zero-order valence-electron chi connectivity index (χ0n) is 9.87. The van der Waals surface area contributed by atoms with Gasteiger partial charge in [0.05, 0.1) is 5.69 Å². The number of oxazole rings is 1. The van der Waals surface area contributed by atoms with Crippen molar-refractivity contribution in [1.82, 2.24) is 4.98 Å². The van der Waals surface area contributed by atoms with Crippen molar-refractivity contribution in [2.75, 3.05) is 5.73 Å². The topological polar surface area (TPSA) is 52.0 Å². The molecule has 0 amide bonds. The first-order valence-corrected chi connectivity index (χ1v) is 5.44. The number of aryl methyl sites for hydroxylation is 3. The third-order valence-electron chi connectivity index (χ3n) is 2.56. The summed E-state index contributed by atoms with van der Waals surface area (Å²) < 4.78 is 5.69. The normalized spacial score (nSPS) is 10.7. The predicted octanol–water partition coefficient (Wildman–Crippen LogP) is 3.10. The molecule has 1 heterocycles. The molecule has 2 rings (SSSR count). The number of hydrogen-bond donors (Lipinski definition) is 1. The molecule has 0 saturated carbocycles. The Morgan fingerprint density at radius 2 is 2.00 bits per heavy atom. The van der Waals surface area contributed by atoms with E-state index in [1.54, 1.807) is 0 Å². The van der Waals surface area contributed by atoms with Gasteiger partial charge >= 0.3 is 0 Å². The number of hydrogen-bond acceptors (Lipinski definition) is 3. The minimum Gasteiger partial charge on any atom is -0.441 e. The second-order valence-corrected chi connectivity index (χ2v) is 4.01. The zero-order valence-corrected chi connectivity index (χ0v) is 9.87. The fraction of sp³-hybridized carbons (Fsp3) is 0.308. The molecule has 16 heavy (non-hydrogen) atoms. The largest absolute Gasteiger partial charge is 0.441 e. The van der Waals surface area contributed by atoms with E-state index in [1.165, 1.54) is 0 Å². The van der Waals surface area contributed by atoms with E-state index in [4.69, 9.17) is 10.2 Å². The fourth-order valence-electron chi connectivity index (χ4n) is 1.82. The fourth-order valence-corrected chi connectivity index (χ4v) is 1.82. The number of anilines is 1. The van der Waals surface area contributed by atoms with Crippen molar-refractivity contribution in [1.29, 1.82) is 0 Å². The molecule has 0 fully saturated rings. The van der Waals surface area contributed by atoms with Gasteiger partial charge in [0.1, 0.15) is 5.76 Å². The van der Waals surface area contributed by atoms with E-state index >= 15 is 0 Å². The zero-order chi connectivity index (χ0) is 11.7. The maximum atomic E-state index is 5.80. The highest BCUT2D eigenvalue weighted by molar-refractivity contribution is 5.61. The molecule has 1 aromatic heterocycles. The Kier molecular flexibility index (Phi) is 2.69. The highest BCUT2D eigenvalue weighted by Crippen LogP contribution is 2.25. The van der Waals surface area contributed by atoms with Crippen LogP contribution < -0.4 is 5.73 Å². The van der Waals surface area contributed by atoms with Crippen molar-refractivity contribution in [3.8, 4) is 11.5 Å². The Labute approximate surface area is 95.3 Å². The van der Waals surface area contributed by atoms with Gasteiger partial charge in [0.2, 0.25) is 5.89 Å². The van der Waals surface area contributed by atoms with E-state index in [-0.39, 0.29) is 0 Å². The number of nitrogens with two attached hydrogens (primary N) is 1. The van der Waals surface area contributed by atoms with Gasteiger partial charge in [-0.3, -0.25) is 0 Å². The molecule has 0 aliphatic carbocycles. The van der Waals surface area contributed by atoms with Gasteiger partial charge in [0.15, 0.2) is 0 Å². The maximum Gasteiger partial charge on any atom is 0.226 e. The monoisotopic (exact) mass is 216 g/mol. The van der Waals surface area contributed by atoms with Crippen molar-refractivity contribution in [3.63, 3.8) is 0 Å². The van der Waals surface area contributed by atoms with E-state index < -0.39 is 0 Å². The van der Waals surface area contributed by atoms with Gasteiger partial charge in [-0.15, -0.1) is 0 Å². The number of nitrogens with zero attached hydrogens (tertiary/aromatic N) is 1. The highest BCUT2D eigenvalue weighted by atomic mass is 16.4. The molecule has 3 nitrogen and oxygen atoms in total. The molecular formula is C13H16N2O. The summed E-state index contributed by atoms with van der Waals surface area (Å²) >= 11 is 0. The van der Waals surface area contributed by atoms with Crippen molar-refractivity contribution in [3.05, 3.63) is 35.2 Å². The van der Waals surface area contributed by atoms with E-state index in [2.05, 4.69) is 11.9 Å². The van der Waals surface area contributed by atoms with Gasteiger partial charge in [0.25, 0.3) is 0 Å². The molecule has 0 atom stereocenters. The summed E-state index contributed by atoms with van der Waals surface area (Å²) in [7, 11) is 0. The number of aromatic nitrogens is 1. The van der Waals surface area contributed by atoms with Crippen molar-refractivity contribution in [2.45, 2.75) is 27.2 Å². The van der Waals surface area contributed by atoms with Crippen LogP contribution in [0.5, 0.6) is 0 Å². The Morgan fingerprint density at radius 3 is 2.56 bits per heavy atom. The molecule has 3 heteroatoms. The Balaban J connectivity index is 2.49. The van der Waals surface area contributed by atoms with Crippen molar-refractivity contribution < 1.29 is 4.42 Å². The van der Waals surface area contributed by atoms with E-state index in [9.17, 15) is 0 Å². The van der Waals surface area contributed by atoms with Crippen LogP contribution in [-0.2, 0) is 6.42 Å². The van der Waals surface area contributed by atoms with Gasteiger partial charge < -0.3 is 10.2 Å². The quantitative estimate of drug-likeness (QED) is 0.785. The lowest BCUT2D eigenvalue weighted by atomic mass is 10.1. The summed E-state index contributed by atoms with van der Waals surface area (Å²) in [6, 6.07) is 5.85. The number of rotatable bonds is 2. The summed E-state index contributed by atoms with van der Waals surface area (Å²) in [5.41, 5.74) is 9.56. The number of benzene rings is 1. The van der Waals surface area contributed by atoms with Gasteiger partial charge in [-0.2, -0.15) is 0 Å². The molecule has 2 aromatic rings. The van der Waals surface area contributed by atoms with Crippen LogP contribution in [0, 0.1) is 13.8 Å². The highest BCUT2D eigenvalue weighted by Gasteiger charge is 2.10. The van der Waals surface area contributed by atoms with Crippen LogP contribution in [-0.4, -0.2) is 4.98 Å². The average Bonchev–Trinajstić information content (AvgIpc) is 2.58. The molecule has 0 saturated heterocycles. The lowest BCUT2D eigenvalue weighted by Crippen LogP contribution is -1.88. The summed E-state index contributed by atoms with van der Waals surface area (Å²) in [5, 5.41) is 0. The van der Waals surface area contributed by atoms with Crippen LogP contribution in [0.15, 0.2) is 22.6 Å². The lowest BCUT2D eigenvalue weighted by molar-refractivity contribution is 0.522. The minimum absolute atomic E-state index is 0.657. The standard InChI is InChI=1S/C13H16N2O/c1-4-12-9(3)15-13(16-12)10-5-8(2)6-11(14)7-10/h5-7H,4,14H2,1-3H3. The van der Waals surface area contributed by atoms with Crippen molar-refractivity contribution in [2.24, 2.45) is 0 Å². The Morgan fingerprint density at radius 1 is 1.25 bits per heavy atom. The first kappa shape index (κ1) is 10.7. The molecule has 0 bridgehead atoms. The van der Waals surface area contributed by atoms with E-state index in [0.29, 0.717) is 5.89 Å². The smallest absolute Gasteiger partial charge is 0.226 e.